The maximum Gasteiger partial charge on any atom is 0.472 e. The molecule has 0 heterocycles. The molecule has 0 aromatic heterocycles. The van der Waals surface area contributed by atoms with Crippen LogP contribution in [0.4, 0.5) is 0 Å². The summed E-state index contributed by atoms with van der Waals surface area (Å²) in [6.45, 7) is 2.35. The zero-order valence-electron chi connectivity index (χ0n) is 56.2. The zero-order valence-corrected chi connectivity index (χ0v) is 58.0. The maximum atomic E-state index is 12.9. The van der Waals surface area contributed by atoms with Gasteiger partial charge in [0.15, 0.2) is 6.10 Å². The van der Waals surface area contributed by atoms with Crippen LogP contribution >= 0.6 is 15.6 Å². The van der Waals surface area contributed by atoms with Gasteiger partial charge in [-0.2, -0.15) is 0 Å². The number of hydrogen-bond acceptors (Lipinski definition) is 14. The minimum absolute atomic E-state index is 0.0400. The Morgan fingerprint density at radius 1 is 0.319 bits per heavy atom. The van der Waals surface area contributed by atoms with Gasteiger partial charge in [-0.05, 0) is 122 Å². The summed E-state index contributed by atoms with van der Waals surface area (Å²) < 4.78 is 60.7. The molecule has 0 bridgehead atoms. The molecule has 0 rings (SSSR count). The number of phosphoric acid groups is 2. The normalized spacial score (nSPS) is 15.0. The summed E-state index contributed by atoms with van der Waals surface area (Å²) in [5, 5.41) is 20.5. The lowest BCUT2D eigenvalue weighted by Crippen LogP contribution is -2.30. The van der Waals surface area contributed by atoms with E-state index in [1.54, 1.807) is 0 Å². The van der Waals surface area contributed by atoms with Crippen molar-refractivity contribution in [1.82, 2.24) is 0 Å². The third-order valence-electron chi connectivity index (χ3n) is 13.8. The molecule has 5 atom stereocenters. The maximum absolute atomic E-state index is 12.9. The Labute approximate surface area is 550 Å². The molecule has 91 heavy (non-hydrogen) atoms. The number of hydrogen-bond donors (Lipinski definition) is 4. The highest BCUT2D eigenvalue weighted by Gasteiger charge is 2.29. The van der Waals surface area contributed by atoms with Gasteiger partial charge in [0, 0.05) is 19.3 Å². The SMILES string of the molecule is CC/C=C\C/C=C\C/C=C\C/C=C\C/C=C\C/C=C\CCC(=O)OCC(COP(=O)(O)OCC(O)COP(=O)(O)OCC(O)COC(=O)CCCCCCCCCCC/C=C\C/C=C\C/C=C\C/C=C\CCCCC)OC(=O)CCCCCCC/C=C\CCCC. The van der Waals surface area contributed by atoms with Crippen molar-refractivity contribution in [2.45, 2.75) is 270 Å². The van der Waals surface area contributed by atoms with Crippen molar-refractivity contribution in [3.8, 4) is 0 Å². The van der Waals surface area contributed by atoms with Crippen molar-refractivity contribution in [3.63, 3.8) is 0 Å². The number of aliphatic hydroxyl groups excluding tert-OH is 2. The van der Waals surface area contributed by atoms with E-state index < -0.39 is 91.5 Å². The van der Waals surface area contributed by atoms with Crippen molar-refractivity contribution < 1.29 is 75.8 Å². The van der Waals surface area contributed by atoms with E-state index in [9.17, 15) is 43.5 Å². The Bertz CT molecular complexity index is 2190. The quantitative estimate of drug-likeness (QED) is 0.0146. The molecular formula is C73H122O16P2. The monoisotopic (exact) mass is 1320 g/mol. The van der Waals surface area contributed by atoms with Crippen molar-refractivity contribution in [2.24, 2.45) is 0 Å². The first-order valence-corrected chi connectivity index (χ1v) is 37.5. The van der Waals surface area contributed by atoms with Crippen LogP contribution in [0.15, 0.2) is 134 Å². The lowest BCUT2D eigenvalue weighted by Gasteiger charge is -2.21. The molecule has 4 N–H and O–H groups in total. The summed E-state index contributed by atoms with van der Waals surface area (Å²) in [6.07, 6.45) is 76.8. The number of aliphatic hydroxyl groups is 2. The van der Waals surface area contributed by atoms with Crippen LogP contribution in [0.3, 0.4) is 0 Å². The van der Waals surface area contributed by atoms with Crippen molar-refractivity contribution >= 4 is 33.6 Å². The molecule has 0 aliphatic rings. The Morgan fingerprint density at radius 3 is 1.03 bits per heavy atom. The smallest absolute Gasteiger partial charge is 0.463 e. The van der Waals surface area contributed by atoms with E-state index in [1.807, 2.05) is 18.2 Å². The topological polar surface area (TPSA) is 231 Å². The van der Waals surface area contributed by atoms with Crippen LogP contribution < -0.4 is 0 Å². The van der Waals surface area contributed by atoms with E-state index in [1.165, 1.54) is 64.2 Å². The van der Waals surface area contributed by atoms with Crippen LogP contribution in [-0.2, 0) is 55.8 Å². The van der Waals surface area contributed by atoms with E-state index in [0.717, 1.165) is 122 Å². The predicted molar refractivity (Wildman–Crippen MR) is 371 cm³/mol. The van der Waals surface area contributed by atoms with E-state index >= 15 is 0 Å². The molecule has 0 aromatic carbocycles. The number of allylic oxidation sites excluding steroid dienone is 22. The van der Waals surface area contributed by atoms with Crippen LogP contribution in [0.5, 0.6) is 0 Å². The summed E-state index contributed by atoms with van der Waals surface area (Å²) in [4.78, 5) is 58.2. The molecule has 18 heteroatoms. The second-order valence-corrected chi connectivity index (χ2v) is 25.5. The number of carbonyl (C=O) groups is 3. The minimum Gasteiger partial charge on any atom is -0.463 e. The molecule has 520 valence electrons. The van der Waals surface area contributed by atoms with Gasteiger partial charge in [-0.3, -0.25) is 32.5 Å². The zero-order chi connectivity index (χ0) is 66.7. The first kappa shape index (κ1) is 86.7. The number of phosphoric ester groups is 2. The number of ether oxygens (including phenoxy) is 3. The van der Waals surface area contributed by atoms with E-state index in [4.69, 9.17) is 32.3 Å². The first-order chi connectivity index (χ1) is 44.2. The highest BCUT2D eigenvalue weighted by Crippen LogP contribution is 2.45. The van der Waals surface area contributed by atoms with Crippen molar-refractivity contribution in [2.75, 3.05) is 39.6 Å². The van der Waals surface area contributed by atoms with E-state index in [2.05, 4.69) is 136 Å². The van der Waals surface area contributed by atoms with Crippen LogP contribution in [-0.4, -0.2) is 95.9 Å². The fourth-order valence-electron chi connectivity index (χ4n) is 8.56. The molecule has 0 aliphatic heterocycles. The van der Waals surface area contributed by atoms with Crippen LogP contribution in [0.1, 0.15) is 252 Å². The van der Waals surface area contributed by atoms with Gasteiger partial charge >= 0.3 is 33.6 Å². The second kappa shape index (κ2) is 65.7. The standard InChI is InChI=1S/C73H122O16P2/c1-4-7-10-13-16-19-22-24-26-28-30-31-32-33-34-35-37-39-40-42-45-47-50-53-56-59-71(76)83-62-68(74)63-85-90(79,80)86-64-69(75)65-87-91(81,82)88-67-70(89-73(78)61-58-55-52-49-44-21-18-15-12-9-6-3)66-84-72(77)60-57-54-51-48-46-43-41-38-36-29-27-25-23-20-17-14-11-8-5-2/h8,11,15-20,24-27,30-31,33-34,36,38,43,46,51,54,68-70,74-75H,4-7,9-10,12-14,21-23,28-29,32,35,37,39-42,44-45,47-50,52-53,55-67H2,1-3H3,(H,79,80)(H,81,82)/b11-8-,18-15-,19-16-,20-17-,26-24-,27-25-,31-30-,34-33-,38-36-,46-43-,54-51-. The summed E-state index contributed by atoms with van der Waals surface area (Å²) in [6, 6.07) is 0. The largest absolute Gasteiger partial charge is 0.472 e. The summed E-state index contributed by atoms with van der Waals surface area (Å²) in [5.41, 5.74) is 0. The third kappa shape index (κ3) is 66.9. The molecule has 16 nitrogen and oxygen atoms in total. The molecule has 0 radical (unpaired) electrons. The van der Waals surface area contributed by atoms with Gasteiger partial charge in [-0.15, -0.1) is 0 Å². The van der Waals surface area contributed by atoms with E-state index in [-0.39, 0.29) is 19.3 Å². The van der Waals surface area contributed by atoms with Gasteiger partial charge in [0.05, 0.1) is 26.4 Å². The molecule has 0 fully saturated rings. The van der Waals surface area contributed by atoms with Crippen molar-refractivity contribution in [3.05, 3.63) is 134 Å². The fraction of sp³-hybridized carbons (Fsp3) is 0.658. The summed E-state index contributed by atoms with van der Waals surface area (Å²) in [5.74, 6) is -1.70. The summed E-state index contributed by atoms with van der Waals surface area (Å²) in [7, 11) is -9.80. The number of esters is 3. The van der Waals surface area contributed by atoms with Crippen LogP contribution in [0.25, 0.3) is 0 Å². The van der Waals surface area contributed by atoms with Gasteiger partial charge in [0.25, 0.3) is 0 Å². The number of carbonyl (C=O) groups excluding carboxylic acids is 3. The van der Waals surface area contributed by atoms with Gasteiger partial charge in [0.2, 0.25) is 0 Å². The Balaban J connectivity index is 4.59. The molecule has 0 saturated heterocycles. The van der Waals surface area contributed by atoms with Crippen LogP contribution in [0, 0.1) is 0 Å². The minimum atomic E-state index is -4.94. The average Bonchev–Trinajstić information content (AvgIpc) is 3.70. The molecule has 5 unspecified atom stereocenters. The second-order valence-electron chi connectivity index (χ2n) is 22.6. The average molecular weight is 1320 g/mol. The number of unbranched alkanes of at least 4 members (excludes halogenated alkanes) is 19. The Morgan fingerprint density at radius 2 is 0.615 bits per heavy atom. The molecule has 0 amide bonds. The lowest BCUT2D eigenvalue weighted by atomic mass is 10.1. The lowest BCUT2D eigenvalue weighted by molar-refractivity contribution is -0.161. The van der Waals surface area contributed by atoms with E-state index in [0.29, 0.717) is 25.7 Å². The first-order valence-electron chi connectivity index (χ1n) is 34.5. The Hall–Kier alpha value is -4.31. The Kier molecular flexibility index (Phi) is 62.6. The summed E-state index contributed by atoms with van der Waals surface area (Å²) >= 11 is 0. The van der Waals surface area contributed by atoms with Crippen molar-refractivity contribution in [1.29, 1.82) is 0 Å². The fourth-order valence-corrected chi connectivity index (χ4v) is 10.1. The molecule has 0 aromatic rings. The van der Waals surface area contributed by atoms with Gasteiger partial charge < -0.3 is 34.2 Å². The van der Waals surface area contributed by atoms with Gasteiger partial charge in [0.1, 0.15) is 25.4 Å². The van der Waals surface area contributed by atoms with Gasteiger partial charge in [-0.1, -0.05) is 244 Å². The van der Waals surface area contributed by atoms with Gasteiger partial charge in [-0.25, -0.2) is 9.13 Å². The molecular weight excluding hydrogens is 1190 g/mol. The highest BCUT2D eigenvalue weighted by molar-refractivity contribution is 7.47. The third-order valence-corrected chi connectivity index (χ3v) is 15.7. The predicted octanol–water partition coefficient (Wildman–Crippen LogP) is 19.2. The molecule has 0 spiro atoms. The molecule has 0 saturated carbocycles. The molecule has 0 aliphatic carbocycles. The number of rotatable bonds is 64. The van der Waals surface area contributed by atoms with Crippen LogP contribution in [0.2, 0.25) is 0 Å². The highest BCUT2D eigenvalue weighted by atomic mass is 31.2.